The minimum Gasteiger partial charge on any atom is -0.143 e. The molecule has 0 N–H and O–H groups in total. The fourth-order valence-electron chi connectivity index (χ4n) is 5.82. The maximum Gasteiger partial charge on any atom is 0.150 e. The average molecular weight is 846 g/mol. The van der Waals surface area contributed by atoms with E-state index in [1.165, 1.54) is 74.0 Å². The van der Waals surface area contributed by atoms with Gasteiger partial charge in [-0.3, -0.25) is 0 Å². The average Bonchev–Trinajstić information content (AvgIpc) is 3.73. The van der Waals surface area contributed by atoms with Crippen molar-refractivity contribution in [2.75, 3.05) is 0 Å². The fourth-order valence-corrected chi connectivity index (χ4v) is 10.6. The van der Waals surface area contributed by atoms with Gasteiger partial charge < -0.3 is 0 Å². The van der Waals surface area contributed by atoms with Crippen molar-refractivity contribution in [2.24, 2.45) is 0 Å². The van der Waals surface area contributed by atoms with Gasteiger partial charge in [0.1, 0.15) is 10.0 Å². The van der Waals surface area contributed by atoms with Gasteiger partial charge in [-0.25, -0.2) is 0 Å². The third-order valence-corrected chi connectivity index (χ3v) is 13.7. The highest BCUT2D eigenvalue weighted by Crippen LogP contribution is 2.57. The first-order valence-electron chi connectivity index (χ1n) is 16.2. The molecule has 0 unspecified atom stereocenters. The largest absolute Gasteiger partial charge is 0.150 e. The normalized spacial score (nSPS) is 11.9. The van der Waals surface area contributed by atoms with Gasteiger partial charge in [0.05, 0.1) is 51.3 Å². The summed E-state index contributed by atoms with van der Waals surface area (Å²) < 4.78 is 0. The zero-order valence-electron chi connectivity index (χ0n) is 26.5. The Morgan fingerprint density at radius 3 is 1.17 bits per heavy atom. The molecule has 0 saturated carbocycles. The fraction of sp³-hybridized carbons (Fsp3) is 0.471. The number of aromatic nitrogens is 4. The van der Waals surface area contributed by atoms with Crippen molar-refractivity contribution >= 4 is 137 Å². The molecule has 0 atom stereocenters. The second-order valence-electron chi connectivity index (χ2n) is 11.8. The highest BCUT2D eigenvalue weighted by molar-refractivity contribution is 7.15. The number of hydrogen-bond acceptors (Lipinski definition) is 6. The monoisotopic (exact) mass is 842 g/mol. The number of hydrogen-bond donors (Lipinski definition) is 0. The summed E-state index contributed by atoms with van der Waals surface area (Å²) in [7, 11) is 0. The molecule has 0 aliphatic carbocycles. The SMILES string of the molecule is CCCCCCCCc1nnc(-c2c(Cl)c(Cl)c3c(c2Cl)c(Cl)c(Cl)c2c(Cl)c(Cl)c(-c4nnc(CCCCCCCC)s4)c(Cl)c23)s1. The smallest absolute Gasteiger partial charge is 0.143 e. The van der Waals surface area contributed by atoms with Crippen LogP contribution in [0.2, 0.25) is 40.2 Å². The Bertz CT molecular complexity index is 1920. The number of benzene rings is 3. The van der Waals surface area contributed by atoms with Crippen molar-refractivity contribution < 1.29 is 0 Å². The van der Waals surface area contributed by atoms with E-state index < -0.39 is 0 Å². The van der Waals surface area contributed by atoms with Crippen LogP contribution in [-0.2, 0) is 12.8 Å². The predicted octanol–water partition coefficient (Wildman–Crippen LogP) is 16.1. The van der Waals surface area contributed by atoms with Gasteiger partial charge >= 0.3 is 0 Å². The van der Waals surface area contributed by atoms with Gasteiger partial charge in [0.15, 0.2) is 10.0 Å². The Balaban J connectivity index is 1.57. The lowest BCUT2D eigenvalue weighted by Crippen LogP contribution is -1.94. The van der Waals surface area contributed by atoms with Gasteiger partial charge in [0.25, 0.3) is 0 Å². The van der Waals surface area contributed by atoms with E-state index in [0.29, 0.717) is 42.7 Å². The summed E-state index contributed by atoms with van der Waals surface area (Å²) in [5.74, 6) is 0. The van der Waals surface area contributed by atoms with Gasteiger partial charge in [-0.2, -0.15) is 0 Å². The van der Waals surface area contributed by atoms with E-state index in [-0.39, 0.29) is 40.2 Å². The Kier molecular flexibility index (Phi) is 14.5. The van der Waals surface area contributed by atoms with E-state index in [4.69, 9.17) is 92.8 Å². The zero-order valence-corrected chi connectivity index (χ0v) is 34.2. The van der Waals surface area contributed by atoms with Crippen LogP contribution in [0.5, 0.6) is 0 Å². The molecule has 258 valence electrons. The van der Waals surface area contributed by atoms with Crippen LogP contribution in [0.4, 0.5) is 0 Å². The van der Waals surface area contributed by atoms with Crippen molar-refractivity contribution in [3.63, 3.8) is 0 Å². The van der Waals surface area contributed by atoms with Gasteiger partial charge in [-0.1, -0.05) is 194 Å². The summed E-state index contributed by atoms with van der Waals surface area (Å²) >= 11 is 58.9. The predicted molar refractivity (Wildman–Crippen MR) is 213 cm³/mol. The molecule has 0 aliphatic heterocycles. The second-order valence-corrected chi connectivity index (χ2v) is 16.9. The lowest BCUT2D eigenvalue weighted by molar-refractivity contribution is 0.606. The molecule has 4 nitrogen and oxygen atoms in total. The molecule has 2 aromatic heterocycles. The molecule has 3 aromatic carbocycles. The van der Waals surface area contributed by atoms with Crippen LogP contribution in [0.3, 0.4) is 0 Å². The van der Waals surface area contributed by atoms with Crippen LogP contribution < -0.4 is 0 Å². The molecule has 14 heteroatoms. The molecule has 0 saturated heterocycles. The molecular formula is C34H34Cl8N4S2. The Labute approximate surface area is 329 Å². The van der Waals surface area contributed by atoms with E-state index >= 15 is 0 Å². The molecule has 0 amide bonds. The summed E-state index contributed by atoms with van der Waals surface area (Å²) in [5, 5.41) is 23.5. The van der Waals surface area contributed by atoms with Crippen LogP contribution in [0.25, 0.3) is 42.7 Å². The Hall–Kier alpha value is -0.380. The van der Waals surface area contributed by atoms with Crippen molar-refractivity contribution in [1.29, 1.82) is 0 Å². The quantitative estimate of drug-likeness (QED) is 0.0564. The summed E-state index contributed by atoms with van der Waals surface area (Å²) in [5.41, 5.74) is 0.859. The van der Waals surface area contributed by atoms with Crippen molar-refractivity contribution in [3.05, 3.63) is 50.2 Å². The molecule has 0 fully saturated rings. The number of rotatable bonds is 16. The molecule has 2 heterocycles. The molecular weight excluding hydrogens is 812 g/mol. The third kappa shape index (κ3) is 8.14. The van der Waals surface area contributed by atoms with Crippen LogP contribution in [0.15, 0.2) is 0 Å². The summed E-state index contributed by atoms with van der Waals surface area (Å²) in [6.07, 6.45) is 15.9. The number of halogens is 8. The first-order chi connectivity index (χ1) is 23.1. The minimum atomic E-state index is 0.132. The summed E-state index contributed by atoms with van der Waals surface area (Å²) in [4.78, 5) is 0. The highest BCUT2D eigenvalue weighted by Gasteiger charge is 2.30. The summed E-state index contributed by atoms with van der Waals surface area (Å²) in [6.45, 7) is 4.43. The number of aryl methyl sites for hydroxylation is 2. The Morgan fingerprint density at radius 1 is 0.375 bits per heavy atom. The van der Waals surface area contributed by atoms with Crippen molar-refractivity contribution in [3.8, 4) is 21.1 Å². The molecule has 48 heavy (non-hydrogen) atoms. The van der Waals surface area contributed by atoms with E-state index in [2.05, 4.69) is 34.2 Å². The minimum absolute atomic E-state index is 0.132. The zero-order chi connectivity index (χ0) is 34.5. The van der Waals surface area contributed by atoms with Crippen LogP contribution in [0.1, 0.15) is 101 Å². The van der Waals surface area contributed by atoms with Crippen LogP contribution in [-0.4, -0.2) is 20.4 Å². The topological polar surface area (TPSA) is 51.6 Å². The standard InChI is InChI=1S/C34H34Cl8N4S2/c1-3-5-7-9-11-13-15-17-43-45-33(47-17)23-25(35)19-20-21(28(38)29(39)22(19)30(40)32(23)42)26(36)24(31(41)27(20)37)34-46-44-18(48-34)16-14-12-10-8-6-4-2/h3-16H2,1-2H3. The summed E-state index contributed by atoms with van der Waals surface area (Å²) in [6, 6.07) is 0. The molecule has 0 spiro atoms. The second kappa shape index (κ2) is 17.9. The lowest BCUT2D eigenvalue weighted by atomic mass is 9.97. The van der Waals surface area contributed by atoms with Gasteiger partial charge in [0.2, 0.25) is 0 Å². The first-order valence-corrected chi connectivity index (χ1v) is 20.9. The molecule has 5 aromatic rings. The number of nitrogens with zero attached hydrogens (tertiary/aromatic N) is 4. The van der Waals surface area contributed by atoms with E-state index in [1.54, 1.807) is 0 Å². The lowest BCUT2D eigenvalue weighted by Gasteiger charge is -2.19. The van der Waals surface area contributed by atoms with Crippen molar-refractivity contribution in [1.82, 2.24) is 20.4 Å². The Morgan fingerprint density at radius 2 is 0.708 bits per heavy atom. The van der Waals surface area contributed by atoms with Gasteiger partial charge in [-0.15, -0.1) is 20.4 Å². The van der Waals surface area contributed by atoms with Gasteiger partial charge in [-0.05, 0) is 12.8 Å². The van der Waals surface area contributed by atoms with Crippen LogP contribution >= 0.6 is 115 Å². The van der Waals surface area contributed by atoms with Gasteiger partial charge in [0, 0.05) is 34.4 Å². The maximum atomic E-state index is 7.20. The van der Waals surface area contributed by atoms with Crippen molar-refractivity contribution in [2.45, 2.75) is 104 Å². The van der Waals surface area contributed by atoms with E-state index in [9.17, 15) is 0 Å². The molecule has 0 bridgehead atoms. The third-order valence-electron chi connectivity index (χ3n) is 8.37. The molecule has 5 rings (SSSR count). The molecule has 0 aliphatic rings. The first kappa shape index (κ1) is 38.8. The number of unbranched alkanes of at least 4 members (excludes halogenated alkanes) is 10. The number of fused-ring (bicyclic) bond motifs is 3. The molecule has 0 radical (unpaired) electrons. The van der Waals surface area contributed by atoms with E-state index in [0.717, 1.165) is 48.5 Å². The highest BCUT2D eigenvalue weighted by atomic mass is 35.5. The maximum absolute atomic E-state index is 7.20. The van der Waals surface area contributed by atoms with Crippen LogP contribution in [0, 0.1) is 0 Å². The van der Waals surface area contributed by atoms with E-state index in [1.807, 2.05) is 0 Å².